The number of hydrogen-bond acceptors (Lipinski definition) is 7. The number of benzene rings is 1. The molecule has 1 spiro atoms. The fraction of sp³-hybridized carbons (Fsp3) is 0.500. The molecule has 3 aliphatic heterocycles. The zero-order valence-electron chi connectivity index (χ0n) is 18.6. The van der Waals surface area contributed by atoms with Crippen LogP contribution in [0.4, 0.5) is 5.82 Å². The average molecular weight is 448 g/mol. The van der Waals surface area contributed by atoms with Crippen molar-refractivity contribution in [2.45, 2.75) is 50.0 Å². The Morgan fingerprint density at radius 3 is 2.94 bits per heavy atom. The number of hydrogen-bond donors (Lipinski definition) is 2. The van der Waals surface area contributed by atoms with Gasteiger partial charge in [-0.2, -0.15) is 0 Å². The summed E-state index contributed by atoms with van der Waals surface area (Å²) in [4.78, 5) is 28.5. The van der Waals surface area contributed by atoms with E-state index in [2.05, 4.69) is 30.5 Å². The molecule has 3 unspecified atom stereocenters. The number of nitrogens with zero attached hydrogens (tertiary/aromatic N) is 5. The third kappa shape index (κ3) is 3.80. The van der Waals surface area contributed by atoms with Gasteiger partial charge in [0, 0.05) is 24.2 Å². The number of likely N-dealkylation sites (tertiary alicyclic amines) is 1. The highest BCUT2D eigenvalue weighted by atomic mass is 16.5. The molecule has 0 radical (unpaired) electrons. The van der Waals surface area contributed by atoms with Crippen molar-refractivity contribution in [3.8, 4) is 0 Å². The first kappa shape index (κ1) is 20.7. The molecule has 3 fully saturated rings. The van der Waals surface area contributed by atoms with Gasteiger partial charge in [-0.3, -0.25) is 14.3 Å². The minimum atomic E-state index is -0.219. The number of rotatable bonds is 5. The molecule has 9 nitrogen and oxygen atoms in total. The van der Waals surface area contributed by atoms with Gasteiger partial charge in [-0.15, -0.1) is 0 Å². The lowest BCUT2D eigenvalue weighted by molar-refractivity contribution is -0.0216. The van der Waals surface area contributed by atoms with Gasteiger partial charge >= 0.3 is 0 Å². The summed E-state index contributed by atoms with van der Waals surface area (Å²) in [6.07, 6.45) is 9.07. The maximum Gasteiger partial charge on any atom is 0.256 e. The molecule has 3 atom stereocenters. The van der Waals surface area contributed by atoms with Gasteiger partial charge in [-0.1, -0.05) is 18.2 Å². The van der Waals surface area contributed by atoms with E-state index in [1.807, 2.05) is 22.8 Å². The molecule has 2 N–H and O–H groups in total. The summed E-state index contributed by atoms with van der Waals surface area (Å²) in [5, 5.41) is 6.42. The molecule has 3 aromatic rings. The predicted octanol–water partition coefficient (Wildman–Crippen LogP) is 2.58. The molecule has 2 aromatic heterocycles. The Morgan fingerprint density at radius 1 is 1.18 bits per heavy atom. The first-order valence-corrected chi connectivity index (χ1v) is 11.9. The lowest BCUT2D eigenvalue weighted by atomic mass is 9.95. The minimum Gasteiger partial charge on any atom is -0.353 e. The van der Waals surface area contributed by atoms with Crippen molar-refractivity contribution in [2.24, 2.45) is 0 Å². The zero-order chi connectivity index (χ0) is 22.3. The molecule has 0 aliphatic carbocycles. The summed E-state index contributed by atoms with van der Waals surface area (Å²) in [5.41, 5.74) is 2.16. The lowest BCUT2D eigenvalue weighted by Crippen LogP contribution is -2.48. The summed E-state index contributed by atoms with van der Waals surface area (Å²) in [5.74, 6) is 0.193. The van der Waals surface area contributed by atoms with E-state index in [1.54, 1.807) is 18.5 Å². The summed E-state index contributed by atoms with van der Waals surface area (Å²) < 4.78 is 8.46. The Balaban J connectivity index is 1.17. The molecule has 3 saturated heterocycles. The van der Waals surface area contributed by atoms with Crippen molar-refractivity contribution in [1.82, 2.24) is 29.7 Å². The molecule has 1 amide bonds. The Kier molecular flexibility index (Phi) is 5.32. The van der Waals surface area contributed by atoms with Crippen LogP contribution in [-0.2, 0) is 4.74 Å². The van der Waals surface area contributed by atoms with Crippen molar-refractivity contribution in [2.75, 3.05) is 31.5 Å². The maximum absolute atomic E-state index is 12.6. The Bertz CT molecular complexity index is 1140. The summed E-state index contributed by atoms with van der Waals surface area (Å²) in [6.45, 7) is 4.37. The van der Waals surface area contributed by atoms with Gasteiger partial charge < -0.3 is 15.4 Å². The van der Waals surface area contributed by atoms with Gasteiger partial charge in [0.15, 0.2) is 17.0 Å². The molecule has 33 heavy (non-hydrogen) atoms. The predicted molar refractivity (Wildman–Crippen MR) is 124 cm³/mol. The molecule has 9 heteroatoms. The van der Waals surface area contributed by atoms with Gasteiger partial charge in [0.05, 0.1) is 12.4 Å². The molecule has 1 aromatic carbocycles. The zero-order valence-corrected chi connectivity index (χ0v) is 18.6. The summed E-state index contributed by atoms with van der Waals surface area (Å²) >= 11 is 0. The minimum absolute atomic E-state index is 0.104. The quantitative estimate of drug-likeness (QED) is 0.620. The normalized spacial score (nSPS) is 27.6. The number of ether oxygens (including phenoxy) is 1. The third-order valence-corrected chi connectivity index (χ3v) is 7.41. The number of carbonyl (C=O) groups excluding carboxylic acids is 1. The highest BCUT2D eigenvalue weighted by Crippen LogP contribution is 2.37. The molecule has 0 bridgehead atoms. The molecule has 6 rings (SSSR count). The number of amides is 1. The second-order valence-electron chi connectivity index (χ2n) is 9.36. The smallest absolute Gasteiger partial charge is 0.256 e. The van der Waals surface area contributed by atoms with E-state index in [4.69, 9.17) is 4.74 Å². The van der Waals surface area contributed by atoms with Gasteiger partial charge in [0.2, 0.25) is 0 Å². The van der Waals surface area contributed by atoms with Gasteiger partial charge in [-0.05, 0) is 57.3 Å². The van der Waals surface area contributed by atoms with Gasteiger partial charge in [0.25, 0.3) is 5.91 Å². The van der Waals surface area contributed by atoms with E-state index >= 15 is 0 Å². The van der Waals surface area contributed by atoms with Crippen molar-refractivity contribution < 1.29 is 9.53 Å². The number of carbonyl (C=O) groups is 1. The second kappa shape index (κ2) is 8.48. The van der Waals surface area contributed by atoms with Crippen molar-refractivity contribution in [3.05, 3.63) is 48.5 Å². The van der Waals surface area contributed by atoms with E-state index in [1.165, 1.54) is 25.6 Å². The fourth-order valence-electron chi connectivity index (χ4n) is 5.69. The molecular formula is C24H29N7O2. The number of aromatic nitrogens is 4. The fourth-order valence-corrected chi connectivity index (χ4v) is 5.69. The molecular weight excluding hydrogens is 418 g/mol. The Morgan fingerprint density at radius 2 is 2.09 bits per heavy atom. The van der Waals surface area contributed by atoms with Crippen molar-refractivity contribution in [1.29, 1.82) is 0 Å². The second-order valence-corrected chi connectivity index (χ2v) is 9.36. The van der Waals surface area contributed by atoms with E-state index in [0.29, 0.717) is 28.1 Å². The van der Waals surface area contributed by atoms with E-state index < -0.39 is 0 Å². The first-order valence-electron chi connectivity index (χ1n) is 11.9. The van der Waals surface area contributed by atoms with Gasteiger partial charge in [0.1, 0.15) is 12.6 Å². The maximum atomic E-state index is 12.6. The van der Waals surface area contributed by atoms with Crippen LogP contribution in [0.3, 0.4) is 0 Å². The van der Waals surface area contributed by atoms with Crippen LogP contribution in [0.1, 0.15) is 48.7 Å². The van der Waals surface area contributed by atoms with Crippen LogP contribution in [-0.4, -0.2) is 68.1 Å². The number of nitrogens with one attached hydrogen (secondary N) is 2. The average Bonchev–Trinajstić information content (AvgIpc) is 3.64. The van der Waals surface area contributed by atoms with Crippen LogP contribution in [0.15, 0.2) is 43.0 Å². The highest BCUT2D eigenvalue weighted by molar-refractivity contribution is 6.06. The molecule has 5 heterocycles. The van der Waals surface area contributed by atoms with Crippen molar-refractivity contribution in [3.63, 3.8) is 0 Å². The monoisotopic (exact) mass is 447 g/mol. The highest BCUT2D eigenvalue weighted by Gasteiger charge is 2.44. The summed E-state index contributed by atoms with van der Waals surface area (Å²) in [7, 11) is 0. The Labute approximate surface area is 192 Å². The van der Waals surface area contributed by atoms with Crippen molar-refractivity contribution >= 4 is 22.9 Å². The van der Waals surface area contributed by atoms with Crippen LogP contribution in [0.5, 0.6) is 0 Å². The number of anilines is 1. The Hall–Kier alpha value is -2.88. The van der Waals surface area contributed by atoms with E-state index in [-0.39, 0.29) is 18.2 Å². The standard InChI is InChI=1S/C24H29N7O2/c32-23(17-5-2-1-3-6-17)29-21-20-22(27-15-26-21)31(16-28-20)19-8-7-18(33-19)13-30-12-4-9-24(30)10-11-25-14-24/h1-3,5-6,15-16,18-19,25H,4,7-14H2,(H,26,27,29,32). The third-order valence-electron chi connectivity index (χ3n) is 7.41. The lowest BCUT2D eigenvalue weighted by Gasteiger charge is -2.36. The molecule has 0 saturated carbocycles. The largest absolute Gasteiger partial charge is 0.353 e. The summed E-state index contributed by atoms with van der Waals surface area (Å²) in [6, 6.07) is 9.08. The molecule has 3 aliphatic rings. The van der Waals surface area contributed by atoms with Crippen LogP contribution in [0.2, 0.25) is 0 Å². The van der Waals surface area contributed by atoms with Gasteiger partial charge in [-0.25, -0.2) is 15.0 Å². The SMILES string of the molecule is O=C(Nc1ncnc2c1ncn2C1CCC(CN2CCCC23CCNC3)O1)c1ccccc1. The first-order chi connectivity index (χ1) is 16.2. The van der Waals surface area contributed by atoms with E-state index in [0.717, 1.165) is 39.0 Å². The van der Waals surface area contributed by atoms with Crippen LogP contribution < -0.4 is 10.6 Å². The number of fused-ring (bicyclic) bond motifs is 1. The topological polar surface area (TPSA) is 97.2 Å². The van der Waals surface area contributed by atoms with E-state index in [9.17, 15) is 4.79 Å². The molecule has 172 valence electrons. The van der Waals surface area contributed by atoms with Crippen LogP contribution in [0, 0.1) is 0 Å². The number of imidazole rings is 1. The van der Waals surface area contributed by atoms with Crippen LogP contribution >= 0.6 is 0 Å². The van der Waals surface area contributed by atoms with Crippen LogP contribution in [0.25, 0.3) is 11.2 Å².